The molecule has 0 atom stereocenters. The number of benzene rings is 2. The summed E-state index contributed by atoms with van der Waals surface area (Å²) in [6, 6.07) is 10.7. The molecule has 0 radical (unpaired) electrons. The minimum atomic E-state index is -0.539. The lowest BCUT2D eigenvalue weighted by Gasteiger charge is -2.10. The highest BCUT2D eigenvalue weighted by Gasteiger charge is 2.22. The molecule has 0 saturated carbocycles. The second kappa shape index (κ2) is 6.60. The molecule has 2 aromatic carbocycles. The van der Waals surface area contributed by atoms with E-state index in [-0.39, 0.29) is 22.9 Å². The number of nitrogens with zero attached hydrogens (tertiary/aromatic N) is 1. The van der Waals surface area contributed by atoms with Gasteiger partial charge in [0.15, 0.2) is 0 Å². The quantitative estimate of drug-likeness (QED) is 0.644. The molecule has 0 bridgehead atoms. The molecular weight excluding hydrogens is 274 g/mol. The Balaban J connectivity index is 2.36. The summed E-state index contributed by atoms with van der Waals surface area (Å²) in [7, 11) is 0. The van der Waals surface area contributed by atoms with Gasteiger partial charge in [0, 0.05) is 6.07 Å². The molecule has 0 unspecified atom stereocenters. The molecular formula is C15H15NO5. The number of phenolic OH excluding ortho intramolecular Hbond substituents is 1. The van der Waals surface area contributed by atoms with Gasteiger partial charge in [0.2, 0.25) is 11.5 Å². The van der Waals surface area contributed by atoms with E-state index in [9.17, 15) is 15.2 Å². The third-order valence-corrected chi connectivity index (χ3v) is 2.65. The molecule has 2 aromatic rings. The summed E-state index contributed by atoms with van der Waals surface area (Å²) < 4.78 is 10.9. The number of para-hydroxylation sites is 1. The molecule has 0 aromatic heterocycles. The normalized spacial score (nSPS) is 10.1. The van der Waals surface area contributed by atoms with Gasteiger partial charge in [-0.3, -0.25) is 10.1 Å². The Kier molecular flexibility index (Phi) is 4.61. The zero-order valence-electron chi connectivity index (χ0n) is 11.5. The highest BCUT2D eigenvalue weighted by molar-refractivity contribution is 5.58. The summed E-state index contributed by atoms with van der Waals surface area (Å²) in [6.07, 6.45) is 0.745. The van der Waals surface area contributed by atoms with E-state index in [1.165, 1.54) is 24.3 Å². The van der Waals surface area contributed by atoms with E-state index in [1.54, 1.807) is 18.2 Å². The maximum atomic E-state index is 11.3. The van der Waals surface area contributed by atoms with Gasteiger partial charge in [-0.25, -0.2) is 0 Å². The van der Waals surface area contributed by atoms with Crippen molar-refractivity contribution < 1.29 is 19.5 Å². The Morgan fingerprint density at radius 3 is 2.57 bits per heavy atom. The van der Waals surface area contributed by atoms with Crippen LogP contribution in [-0.2, 0) is 0 Å². The molecule has 0 aliphatic heterocycles. The van der Waals surface area contributed by atoms with Gasteiger partial charge < -0.3 is 14.6 Å². The van der Waals surface area contributed by atoms with Crippen molar-refractivity contribution in [1.29, 1.82) is 0 Å². The molecule has 0 saturated heterocycles. The highest BCUT2D eigenvalue weighted by Crippen LogP contribution is 2.39. The predicted octanol–water partition coefficient (Wildman–Crippen LogP) is 3.88. The molecule has 2 rings (SSSR count). The van der Waals surface area contributed by atoms with Crippen LogP contribution >= 0.6 is 0 Å². The third-order valence-electron chi connectivity index (χ3n) is 2.65. The van der Waals surface area contributed by atoms with Crippen molar-refractivity contribution in [3.63, 3.8) is 0 Å². The van der Waals surface area contributed by atoms with Crippen LogP contribution in [0, 0.1) is 10.1 Å². The van der Waals surface area contributed by atoms with Crippen LogP contribution in [0.1, 0.15) is 13.3 Å². The average Bonchev–Trinajstić information content (AvgIpc) is 2.45. The Labute approximate surface area is 121 Å². The topological polar surface area (TPSA) is 81.8 Å². The molecule has 0 heterocycles. The van der Waals surface area contributed by atoms with Crippen LogP contribution < -0.4 is 9.47 Å². The van der Waals surface area contributed by atoms with Gasteiger partial charge in [-0.05, 0) is 30.7 Å². The van der Waals surface area contributed by atoms with Gasteiger partial charge in [0.05, 0.1) is 11.5 Å². The number of hydrogen-bond acceptors (Lipinski definition) is 5. The second-order valence-corrected chi connectivity index (χ2v) is 4.31. The van der Waals surface area contributed by atoms with E-state index in [0.717, 1.165) is 6.42 Å². The molecule has 0 fully saturated rings. The Bertz CT molecular complexity index is 642. The largest absolute Gasteiger partial charge is 0.508 e. The van der Waals surface area contributed by atoms with Gasteiger partial charge in [-0.15, -0.1) is 0 Å². The van der Waals surface area contributed by atoms with Crippen LogP contribution in [0.5, 0.6) is 23.0 Å². The molecule has 0 aliphatic carbocycles. The summed E-state index contributed by atoms with van der Waals surface area (Å²) in [5.41, 5.74) is -0.228. The average molecular weight is 289 g/mol. The van der Waals surface area contributed by atoms with E-state index >= 15 is 0 Å². The number of phenols is 1. The van der Waals surface area contributed by atoms with Gasteiger partial charge in [0.25, 0.3) is 0 Å². The Morgan fingerprint density at radius 1 is 1.19 bits per heavy atom. The highest BCUT2D eigenvalue weighted by atomic mass is 16.6. The maximum Gasteiger partial charge on any atom is 0.352 e. The first kappa shape index (κ1) is 14.6. The van der Waals surface area contributed by atoms with Crippen molar-refractivity contribution in [1.82, 2.24) is 0 Å². The van der Waals surface area contributed by atoms with Crippen molar-refractivity contribution in [2.24, 2.45) is 0 Å². The fourth-order valence-electron chi connectivity index (χ4n) is 1.77. The van der Waals surface area contributed by atoms with Gasteiger partial charge in [-0.2, -0.15) is 0 Å². The molecule has 0 aliphatic rings. The smallest absolute Gasteiger partial charge is 0.352 e. The van der Waals surface area contributed by atoms with Crippen LogP contribution in [0.4, 0.5) is 5.69 Å². The van der Waals surface area contributed by atoms with Crippen molar-refractivity contribution in [2.45, 2.75) is 13.3 Å². The summed E-state index contributed by atoms with van der Waals surface area (Å²) in [5, 5.41) is 20.7. The Hall–Kier alpha value is -2.76. The lowest BCUT2D eigenvalue weighted by atomic mass is 10.2. The monoisotopic (exact) mass is 289 g/mol. The molecule has 0 amide bonds. The van der Waals surface area contributed by atoms with Crippen molar-refractivity contribution in [3.8, 4) is 23.0 Å². The molecule has 6 nitrogen and oxygen atoms in total. The molecule has 6 heteroatoms. The molecule has 110 valence electrons. The summed E-state index contributed by atoms with van der Waals surface area (Å²) >= 11 is 0. The summed E-state index contributed by atoms with van der Waals surface area (Å²) in [4.78, 5) is 10.7. The first-order valence-corrected chi connectivity index (χ1v) is 6.49. The zero-order chi connectivity index (χ0) is 15.2. The predicted molar refractivity (Wildman–Crippen MR) is 77.1 cm³/mol. The van der Waals surface area contributed by atoms with Crippen LogP contribution in [0.25, 0.3) is 0 Å². The number of nitro groups is 1. The minimum Gasteiger partial charge on any atom is -0.508 e. The standard InChI is InChI=1S/C15H15NO5/c1-2-9-20-13-7-4-8-14(15(13)16(18)19)21-12-6-3-5-11(17)10-12/h3-8,10,17H,2,9H2,1H3. The molecule has 21 heavy (non-hydrogen) atoms. The van der Waals surface area contributed by atoms with E-state index in [2.05, 4.69) is 0 Å². The second-order valence-electron chi connectivity index (χ2n) is 4.31. The number of rotatable bonds is 6. The van der Waals surface area contributed by atoms with E-state index in [4.69, 9.17) is 9.47 Å². The van der Waals surface area contributed by atoms with E-state index in [1.807, 2.05) is 6.92 Å². The fraction of sp³-hybridized carbons (Fsp3) is 0.200. The number of ether oxygens (including phenoxy) is 2. The molecule has 1 N–H and O–H groups in total. The minimum absolute atomic E-state index is 0.0218. The summed E-state index contributed by atoms with van der Waals surface area (Å²) in [6.45, 7) is 2.30. The Morgan fingerprint density at radius 2 is 1.90 bits per heavy atom. The number of nitro benzene ring substituents is 1. The zero-order valence-corrected chi connectivity index (χ0v) is 11.5. The lowest BCUT2D eigenvalue weighted by Crippen LogP contribution is -2.01. The SMILES string of the molecule is CCCOc1cccc(Oc2cccc(O)c2)c1[N+](=O)[O-]. The van der Waals surface area contributed by atoms with E-state index in [0.29, 0.717) is 12.4 Å². The summed E-state index contributed by atoms with van der Waals surface area (Å²) in [5.74, 6) is 0.568. The maximum absolute atomic E-state index is 11.3. The third kappa shape index (κ3) is 3.62. The number of hydrogen-bond donors (Lipinski definition) is 1. The first-order chi connectivity index (χ1) is 10.1. The van der Waals surface area contributed by atoms with Gasteiger partial charge in [-0.1, -0.05) is 19.1 Å². The fourth-order valence-corrected chi connectivity index (χ4v) is 1.77. The van der Waals surface area contributed by atoms with Gasteiger partial charge >= 0.3 is 5.69 Å². The van der Waals surface area contributed by atoms with Crippen molar-refractivity contribution in [2.75, 3.05) is 6.61 Å². The van der Waals surface area contributed by atoms with Crippen LogP contribution in [0.3, 0.4) is 0 Å². The lowest BCUT2D eigenvalue weighted by molar-refractivity contribution is -0.386. The molecule has 0 spiro atoms. The first-order valence-electron chi connectivity index (χ1n) is 6.49. The van der Waals surface area contributed by atoms with Gasteiger partial charge in [0.1, 0.15) is 11.5 Å². The van der Waals surface area contributed by atoms with Crippen LogP contribution in [0.2, 0.25) is 0 Å². The van der Waals surface area contributed by atoms with Crippen molar-refractivity contribution >= 4 is 5.69 Å². The van der Waals surface area contributed by atoms with Crippen LogP contribution in [-0.4, -0.2) is 16.6 Å². The van der Waals surface area contributed by atoms with Crippen LogP contribution in [0.15, 0.2) is 42.5 Å². The number of aromatic hydroxyl groups is 1. The van der Waals surface area contributed by atoms with Crippen molar-refractivity contribution in [3.05, 3.63) is 52.6 Å². The van der Waals surface area contributed by atoms with E-state index < -0.39 is 4.92 Å².